The quantitative estimate of drug-likeness (QED) is 0.649. The summed E-state index contributed by atoms with van der Waals surface area (Å²) in [5.74, 6) is 0.912. The largest absolute Gasteiger partial charge is 0.536 e. The molecule has 1 aromatic rings. The maximum atomic E-state index is 6.26. The maximum absolute atomic E-state index is 6.26. The molecule has 0 N–H and O–H groups in total. The molecular formula is C16H29NO5Si2. The van der Waals surface area contributed by atoms with Crippen molar-refractivity contribution in [3.8, 4) is 5.75 Å². The Balaban J connectivity index is 2.14. The molecule has 1 aromatic carbocycles. The number of benzene rings is 1. The lowest BCUT2D eigenvalue weighted by Gasteiger charge is -2.34. The average molecular weight is 372 g/mol. The summed E-state index contributed by atoms with van der Waals surface area (Å²) in [6.07, 6.45) is 1.08. The summed E-state index contributed by atoms with van der Waals surface area (Å²) in [5, 5.41) is 0.916. The van der Waals surface area contributed by atoms with E-state index < -0.39 is 17.4 Å². The lowest BCUT2D eigenvalue weighted by atomic mass is 10.2. The Hall–Kier alpha value is -0.746. The minimum atomic E-state index is -2.83. The van der Waals surface area contributed by atoms with Crippen molar-refractivity contribution in [2.45, 2.75) is 25.6 Å². The zero-order valence-electron chi connectivity index (χ0n) is 15.5. The molecule has 1 atom stereocenters. The topological polar surface area (TPSA) is 49.4 Å². The zero-order valence-corrected chi connectivity index (χ0v) is 17.5. The van der Waals surface area contributed by atoms with Crippen LogP contribution in [-0.4, -0.2) is 64.2 Å². The summed E-state index contributed by atoms with van der Waals surface area (Å²) < 4.78 is 29.0. The van der Waals surface area contributed by atoms with Crippen LogP contribution < -0.4 is 9.61 Å². The Kier molecular flexibility index (Phi) is 6.60. The normalized spacial score (nSPS) is 20.8. The molecule has 0 bridgehead atoms. The van der Waals surface area contributed by atoms with Gasteiger partial charge in [0, 0.05) is 38.1 Å². The fraction of sp³-hybridized carbons (Fsp3) is 0.625. The molecule has 1 aliphatic rings. The van der Waals surface area contributed by atoms with Gasteiger partial charge in [-0.25, -0.2) is 0 Å². The summed E-state index contributed by atoms with van der Waals surface area (Å²) in [4.78, 5) is 2.19. The van der Waals surface area contributed by atoms with E-state index in [-0.39, 0.29) is 0 Å². The molecule has 1 heterocycles. The fourth-order valence-electron chi connectivity index (χ4n) is 2.92. The molecule has 0 amide bonds. The van der Waals surface area contributed by atoms with Crippen LogP contribution in [0.4, 0.5) is 0 Å². The van der Waals surface area contributed by atoms with Crippen LogP contribution in [0.1, 0.15) is 12.0 Å². The number of fused-ring (bicyclic) bond motifs is 1. The molecule has 136 valence electrons. The minimum Gasteiger partial charge on any atom is -0.520 e. The van der Waals surface area contributed by atoms with Gasteiger partial charge in [0.1, 0.15) is 5.75 Å². The molecule has 1 unspecified atom stereocenters. The third-order valence-corrected chi connectivity index (χ3v) is 9.61. The fourth-order valence-corrected chi connectivity index (χ4v) is 6.99. The van der Waals surface area contributed by atoms with E-state index in [0.29, 0.717) is 6.61 Å². The van der Waals surface area contributed by atoms with E-state index in [0.717, 1.165) is 35.5 Å². The van der Waals surface area contributed by atoms with Gasteiger partial charge in [0.15, 0.2) is 0 Å². The Morgan fingerprint density at radius 3 is 2.42 bits per heavy atom. The molecule has 1 aliphatic heterocycles. The van der Waals surface area contributed by atoms with Gasteiger partial charge in [-0.05, 0) is 45.7 Å². The van der Waals surface area contributed by atoms with Gasteiger partial charge >= 0.3 is 17.4 Å². The molecule has 0 saturated heterocycles. The molecule has 0 fully saturated rings. The van der Waals surface area contributed by atoms with Gasteiger partial charge in [0.2, 0.25) is 0 Å². The highest BCUT2D eigenvalue weighted by molar-refractivity contribution is 6.75. The smallest absolute Gasteiger partial charge is 0.520 e. The van der Waals surface area contributed by atoms with Crippen LogP contribution in [0.2, 0.25) is 12.6 Å². The second kappa shape index (κ2) is 8.09. The van der Waals surface area contributed by atoms with Crippen LogP contribution in [0.25, 0.3) is 0 Å². The van der Waals surface area contributed by atoms with Crippen molar-refractivity contribution in [1.82, 2.24) is 4.90 Å². The first-order valence-corrected chi connectivity index (χ1v) is 12.4. The highest BCUT2D eigenvalue weighted by Crippen LogP contribution is 2.31. The van der Waals surface area contributed by atoms with Crippen LogP contribution in [-0.2, 0) is 24.3 Å². The zero-order chi connectivity index (χ0) is 17.8. The summed E-state index contributed by atoms with van der Waals surface area (Å²) in [6.45, 7) is 3.75. The van der Waals surface area contributed by atoms with Gasteiger partial charge in [-0.15, -0.1) is 0 Å². The van der Waals surface area contributed by atoms with Gasteiger partial charge in [-0.1, -0.05) is 6.07 Å². The number of hydrogen-bond acceptors (Lipinski definition) is 6. The number of rotatable bonds is 8. The average Bonchev–Trinajstić information content (AvgIpc) is 2.56. The molecule has 2 rings (SSSR count). The van der Waals surface area contributed by atoms with Crippen molar-refractivity contribution < 1.29 is 22.1 Å². The lowest BCUT2D eigenvalue weighted by molar-refractivity contribution is 0.140. The van der Waals surface area contributed by atoms with Crippen molar-refractivity contribution in [3.63, 3.8) is 0 Å². The second-order valence-corrected chi connectivity index (χ2v) is 12.6. The van der Waals surface area contributed by atoms with Crippen molar-refractivity contribution in [1.29, 1.82) is 0 Å². The Morgan fingerprint density at radius 2 is 1.83 bits per heavy atom. The monoisotopic (exact) mass is 371 g/mol. The number of nitrogens with zero attached hydrogens (tertiary/aromatic N) is 1. The van der Waals surface area contributed by atoms with Crippen LogP contribution >= 0.6 is 0 Å². The van der Waals surface area contributed by atoms with E-state index in [9.17, 15) is 0 Å². The second-order valence-electron chi connectivity index (χ2n) is 6.42. The number of hydrogen-bond donors (Lipinski definition) is 0. The highest BCUT2D eigenvalue weighted by Gasteiger charge is 2.43. The molecule has 0 aromatic heterocycles. The van der Waals surface area contributed by atoms with Gasteiger partial charge < -0.3 is 27.0 Å². The first-order valence-electron chi connectivity index (χ1n) is 8.14. The third-order valence-electron chi connectivity index (χ3n) is 4.32. The molecule has 6 nitrogen and oxygen atoms in total. The lowest BCUT2D eigenvalue weighted by Crippen LogP contribution is -2.55. The predicted molar refractivity (Wildman–Crippen MR) is 97.9 cm³/mol. The van der Waals surface area contributed by atoms with E-state index in [1.165, 1.54) is 0 Å². The van der Waals surface area contributed by atoms with Crippen molar-refractivity contribution in [3.05, 3.63) is 23.8 Å². The van der Waals surface area contributed by atoms with Crippen LogP contribution in [0.3, 0.4) is 0 Å². The van der Waals surface area contributed by atoms with Crippen molar-refractivity contribution in [2.75, 3.05) is 42.0 Å². The molecule has 24 heavy (non-hydrogen) atoms. The predicted octanol–water partition coefficient (Wildman–Crippen LogP) is 1.70. The van der Waals surface area contributed by atoms with E-state index in [1.807, 2.05) is 18.2 Å². The Morgan fingerprint density at radius 1 is 1.17 bits per heavy atom. The highest BCUT2D eigenvalue weighted by atomic mass is 28.4. The van der Waals surface area contributed by atoms with E-state index in [4.69, 9.17) is 22.1 Å². The van der Waals surface area contributed by atoms with Gasteiger partial charge in [0.05, 0.1) is 6.61 Å². The molecule has 0 saturated carbocycles. The van der Waals surface area contributed by atoms with Gasteiger partial charge in [-0.2, -0.15) is 0 Å². The Bertz CT molecular complexity index is 545. The minimum absolute atomic E-state index is 0.565. The Labute approximate surface area is 147 Å². The SMILES string of the molecule is CO[Si](OC)(OC)c1ccc2c(c1)CO[Si](C)(CCCN(C)C)O2. The van der Waals surface area contributed by atoms with Crippen LogP contribution in [0, 0.1) is 0 Å². The van der Waals surface area contributed by atoms with Crippen LogP contribution in [0.15, 0.2) is 18.2 Å². The summed E-state index contributed by atoms with van der Waals surface area (Å²) in [6, 6.07) is 6.97. The van der Waals surface area contributed by atoms with Gasteiger partial charge in [-0.3, -0.25) is 0 Å². The van der Waals surface area contributed by atoms with Crippen molar-refractivity contribution in [2.24, 2.45) is 0 Å². The van der Waals surface area contributed by atoms with Crippen molar-refractivity contribution >= 4 is 22.6 Å². The first kappa shape index (κ1) is 19.6. The molecule has 8 heteroatoms. The standard InChI is InChI=1S/C16H29NO5Si2/c1-17(2)10-7-11-23(6)21-13-14-12-15(8-9-16(14)22-23)24(18-3,19-4)20-5/h8-9,12H,7,10-11,13H2,1-6H3. The first-order chi connectivity index (χ1) is 11.4. The van der Waals surface area contributed by atoms with E-state index >= 15 is 0 Å². The molecule has 0 aliphatic carbocycles. The summed E-state index contributed by atoms with van der Waals surface area (Å²) in [5.41, 5.74) is 1.02. The van der Waals surface area contributed by atoms with Crippen LogP contribution in [0.5, 0.6) is 5.75 Å². The summed E-state index contributed by atoms with van der Waals surface area (Å²) in [7, 11) is 4.02. The molecule has 0 radical (unpaired) electrons. The van der Waals surface area contributed by atoms with Gasteiger partial charge in [0.25, 0.3) is 0 Å². The molecular weight excluding hydrogens is 342 g/mol. The third kappa shape index (κ3) is 4.26. The molecule has 0 spiro atoms. The summed E-state index contributed by atoms with van der Waals surface area (Å²) >= 11 is 0. The maximum Gasteiger partial charge on any atom is 0.536 e. The van der Waals surface area contributed by atoms with E-state index in [2.05, 4.69) is 25.5 Å². The van der Waals surface area contributed by atoms with E-state index in [1.54, 1.807) is 21.3 Å².